The Balaban J connectivity index is 2.62. The zero-order valence-electron chi connectivity index (χ0n) is 11.7. The van der Waals surface area contributed by atoms with E-state index in [4.69, 9.17) is 21.1 Å². The van der Waals surface area contributed by atoms with Gasteiger partial charge in [-0.05, 0) is 17.7 Å². The fourth-order valence-corrected chi connectivity index (χ4v) is 2.11. The van der Waals surface area contributed by atoms with Gasteiger partial charge < -0.3 is 9.47 Å². The summed E-state index contributed by atoms with van der Waals surface area (Å²) in [5.74, 6) is -1.75. The van der Waals surface area contributed by atoms with Gasteiger partial charge >= 0.3 is 0 Å². The number of ether oxygens (including phenoxy) is 2. The maximum absolute atomic E-state index is 13.2. The number of benzene rings is 1. The Morgan fingerprint density at radius 1 is 1.10 bits per heavy atom. The van der Waals surface area contributed by atoms with Crippen LogP contribution in [0.3, 0.4) is 0 Å². The van der Waals surface area contributed by atoms with Crippen LogP contribution in [0.1, 0.15) is 10.9 Å². The third-order valence-electron chi connectivity index (χ3n) is 2.95. The second-order valence-corrected chi connectivity index (χ2v) is 4.95. The summed E-state index contributed by atoms with van der Waals surface area (Å²) in [6.07, 6.45) is 0. The van der Waals surface area contributed by atoms with Gasteiger partial charge in [0.1, 0.15) is 0 Å². The molecule has 3 nitrogen and oxygen atoms in total. The molecule has 0 aliphatic rings. The molecule has 6 heteroatoms. The molecule has 0 radical (unpaired) electrons. The molecule has 0 spiro atoms. The first kappa shape index (κ1) is 17.3. The van der Waals surface area contributed by atoms with E-state index in [2.05, 4.69) is 4.90 Å². The molecule has 1 rings (SSSR count). The highest BCUT2D eigenvalue weighted by Gasteiger charge is 2.15. The van der Waals surface area contributed by atoms with Gasteiger partial charge in [-0.25, -0.2) is 8.78 Å². The molecule has 1 unspecified atom stereocenters. The molecule has 0 aliphatic heterocycles. The van der Waals surface area contributed by atoms with Crippen LogP contribution >= 0.6 is 11.6 Å². The van der Waals surface area contributed by atoms with Crippen molar-refractivity contribution in [1.82, 2.24) is 4.90 Å². The van der Waals surface area contributed by atoms with Gasteiger partial charge in [0.05, 0.1) is 18.6 Å². The first-order chi connectivity index (χ1) is 9.58. The van der Waals surface area contributed by atoms with Crippen molar-refractivity contribution in [2.75, 3.05) is 47.1 Å². The zero-order valence-corrected chi connectivity index (χ0v) is 12.5. The van der Waals surface area contributed by atoms with Gasteiger partial charge in [0.15, 0.2) is 11.6 Å². The van der Waals surface area contributed by atoms with E-state index in [1.165, 1.54) is 6.07 Å². The van der Waals surface area contributed by atoms with Crippen molar-refractivity contribution in [3.63, 3.8) is 0 Å². The fraction of sp³-hybridized carbons (Fsp3) is 0.571. The third-order valence-corrected chi connectivity index (χ3v) is 3.34. The highest BCUT2D eigenvalue weighted by molar-refractivity contribution is 6.21. The van der Waals surface area contributed by atoms with Crippen LogP contribution in [0.2, 0.25) is 0 Å². The minimum Gasteiger partial charge on any atom is -0.383 e. The maximum Gasteiger partial charge on any atom is 0.159 e. The van der Waals surface area contributed by atoms with Crippen LogP contribution in [-0.2, 0) is 9.47 Å². The summed E-state index contributed by atoms with van der Waals surface area (Å²) >= 11 is 6.27. The number of halogens is 3. The van der Waals surface area contributed by atoms with E-state index in [0.29, 0.717) is 38.4 Å². The first-order valence-electron chi connectivity index (χ1n) is 6.37. The molecular formula is C14H20ClF2NO2. The van der Waals surface area contributed by atoms with Crippen molar-refractivity contribution in [3.8, 4) is 0 Å². The minimum atomic E-state index is -0.881. The predicted molar refractivity (Wildman–Crippen MR) is 75.1 cm³/mol. The standard InChI is InChI=1S/C14H20ClF2NO2/c1-19-7-5-18(6-8-20-2)10-12(15)11-3-4-13(16)14(17)9-11/h3-4,9,12H,5-8,10H2,1-2H3. The number of nitrogens with zero attached hydrogens (tertiary/aromatic N) is 1. The lowest BCUT2D eigenvalue weighted by Gasteiger charge is -2.24. The molecule has 0 aliphatic carbocycles. The number of hydrogen-bond donors (Lipinski definition) is 0. The van der Waals surface area contributed by atoms with Crippen molar-refractivity contribution in [2.24, 2.45) is 0 Å². The monoisotopic (exact) mass is 307 g/mol. The van der Waals surface area contributed by atoms with Crippen molar-refractivity contribution in [1.29, 1.82) is 0 Å². The maximum atomic E-state index is 13.2. The first-order valence-corrected chi connectivity index (χ1v) is 6.81. The van der Waals surface area contributed by atoms with Gasteiger partial charge in [-0.1, -0.05) is 6.07 Å². The molecule has 1 aromatic carbocycles. The predicted octanol–water partition coefficient (Wildman–Crippen LogP) is 2.84. The lowest BCUT2D eigenvalue weighted by molar-refractivity contribution is 0.114. The van der Waals surface area contributed by atoms with Gasteiger partial charge in [-0.15, -0.1) is 11.6 Å². The van der Waals surface area contributed by atoms with Crippen LogP contribution in [0.4, 0.5) is 8.78 Å². The van der Waals surface area contributed by atoms with Gasteiger partial charge in [0, 0.05) is 33.9 Å². The summed E-state index contributed by atoms with van der Waals surface area (Å²) in [5, 5.41) is -0.418. The van der Waals surface area contributed by atoms with Crippen LogP contribution in [0.15, 0.2) is 18.2 Å². The largest absolute Gasteiger partial charge is 0.383 e. The average Bonchev–Trinajstić information content (AvgIpc) is 2.44. The van der Waals surface area contributed by atoms with E-state index >= 15 is 0 Å². The Morgan fingerprint density at radius 2 is 1.70 bits per heavy atom. The molecular weight excluding hydrogens is 288 g/mol. The Bertz CT molecular complexity index is 399. The van der Waals surface area contributed by atoms with Crippen molar-refractivity contribution >= 4 is 11.6 Å². The number of methoxy groups -OCH3 is 2. The van der Waals surface area contributed by atoms with E-state index in [0.717, 1.165) is 12.1 Å². The molecule has 1 aromatic rings. The van der Waals surface area contributed by atoms with Crippen LogP contribution in [0.5, 0.6) is 0 Å². The van der Waals surface area contributed by atoms with Crippen LogP contribution in [0.25, 0.3) is 0 Å². The highest BCUT2D eigenvalue weighted by atomic mass is 35.5. The van der Waals surface area contributed by atoms with Gasteiger partial charge in [-0.3, -0.25) is 4.90 Å². The van der Waals surface area contributed by atoms with Gasteiger partial charge in [0.2, 0.25) is 0 Å². The fourth-order valence-electron chi connectivity index (χ4n) is 1.77. The van der Waals surface area contributed by atoms with Crippen molar-refractivity contribution < 1.29 is 18.3 Å². The lowest BCUT2D eigenvalue weighted by atomic mass is 10.1. The molecule has 0 amide bonds. The molecule has 0 heterocycles. The molecule has 114 valence electrons. The number of rotatable bonds is 9. The quantitative estimate of drug-likeness (QED) is 0.655. The number of hydrogen-bond acceptors (Lipinski definition) is 3. The summed E-state index contributed by atoms with van der Waals surface area (Å²) in [6, 6.07) is 3.73. The van der Waals surface area contributed by atoms with Gasteiger partial charge in [-0.2, -0.15) is 0 Å². The Labute approximate surface area is 123 Å². The summed E-state index contributed by atoms with van der Waals surface area (Å²) in [7, 11) is 3.25. The molecule has 1 atom stereocenters. The topological polar surface area (TPSA) is 21.7 Å². The van der Waals surface area contributed by atoms with E-state index in [1.807, 2.05) is 0 Å². The molecule has 0 saturated heterocycles. The van der Waals surface area contributed by atoms with Crippen LogP contribution < -0.4 is 0 Å². The molecule has 0 N–H and O–H groups in total. The molecule has 0 fully saturated rings. The smallest absolute Gasteiger partial charge is 0.159 e. The normalized spacial score (nSPS) is 12.9. The lowest BCUT2D eigenvalue weighted by Crippen LogP contribution is -2.33. The highest BCUT2D eigenvalue weighted by Crippen LogP contribution is 2.23. The van der Waals surface area contributed by atoms with E-state index < -0.39 is 17.0 Å². The second-order valence-electron chi connectivity index (χ2n) is 4.43. The Morgan fingerprint density at radius 3 is 2.20 bits per heavy atom. The van der Waals surface area contributed by atoms with E-state index in [9.17, 15) is 8.78 Å². The van der Waals surface area contributed by atoms with Crippen molar-refractivity contribution in [3.05, 3.63) is 35.4 Å². The van der Waals surface area contributed by atoms with Crippen molar-refractivity contribution in [2.45, 2.75) is 5.38 Å². The second kappa shape index (κ2) is 9.23. The Kier molecular flexibility index (Phi) is 7.99. The third kappa shape index (κ3) is 5.71. The average molecular weight is 308 g/mol. The molecule has 0 aromatic heterocycles. The summed E-state index contributed by atoms with van der Waals surface area (Å²) in [4.78, 5) is 2.06. The summed E-state index contributed by atoms with van der Waals surface area (Å²) < 4.78 is 36.2. The van der Waals surface area contributed by atoms with E-state index in [-0.39, 0.29) is 0 Å². The minimum absolute atomic E-state index is 0.418. The van der Waals surface area contributed by atoms with Gasteiger partial charge in [0.25, 0.3) is 0 Å². The summed E-state index contributed by atoms with van der Waals surface area (Å²) in [5.41, 5.74) is 0.561. The molecule has 0 bridgehead atoms. The zero-order chi connectivity index (χ0) is 15.0. The summed E-state index contributed by atoms with van der Waals surface area (Å²) in [6.45, 7) is 3.06. The molecule has 0 saturated carbocycles. The van der Waals surface area contributed by atoms with Crippen LogP contribution in [-0.4, -0.2) is 52.0 Å². The Hall–Kier alpha value is -0.750. The van der Waals surface area contributed by atoms with Crippen LogP contribution in [0, 0.1) is 11.6 Å². The number of alkyl halides is 1. The SMILES string of the molecule is COCCN(CCOC)CC(Cl)c1ccc(F)c(F)c1. The molecule has 20 heavy (non-hydrogen) atoms. The van der Waals surface area contributed by atoms with E-state index in [1.54, 1.807) is 14.2 Å².